The summed E-state index contributed by atoms with van der Waals surface area (Å²) in [6.07, 6.45) is 0.457. The Morgan fingerprint density at radius 1 is 1.45 bits per heavy atom. The quantitative estimate of drug-likeness (QED) is 0.611. The van der Waals surface area contributed by atoms with Gasteiger partial charge in [-0.05, 0) is 36.7 Å². The summed E-state index contributed by atoms with van der Waals surface area (Å²) in [4.78, 5) is 37.0. The van der Waals surface area contributed by atoms with Crippen LogP contribution < -0.4 is 10.6 Å². The van der Waals surface area contributed by atoms with Gasteiger partial charge < -0.3 is 10.1 Å². The van der Waals surface area contributed by atoms with Crippen LogP contribution in [0.3, 0.4) is 0 Å². The van der Waals surface area contributed by atoms with Crippen molar-refractivity contribution in [2.75, 3.05) is 11.9 Å². The lowest BCUT2D eigenvalue weighted by molar-refractivity contribution is -0.384. The molecule has 2 N–H and O–H groups in total. The summed E-state index contributed by atoms with van der Waals surface area (Å²) < 4.78 is 5.34. The van der Waals surface area contributed by atoms with E-state index >= 15 is 0 Å². The van der Waals surface area contributed by atoms with Crippen molar-refractivity contribution in [3.63, 3.8) is 0 Å². The van der Waals surface area contributed by atoms with Crippen LogP contribution in [0, 0.1) is 10.1 Å². The van der Waals surface area contributed by atoms with Crippen molar-refractivity contribution in [2.45, 2.75) is 26.4 Å². The number of anilines is 1. The molecule has 0 unspecified atom stereocenters. The molecule has 0 aliphatic rings. The molecular formula is C12H15BrN4O5. The number of imide groups is 1. The van der Waals surface area contributed by atoms with Crippen molar-refractivity contribution in [2.24, 2.45) is 0 Å². The number of nitrogens with zero attached hydrogens (tertiary/aromatic N) is 2. The number of hydrogen-bond acceptors (Lipinski definition) is 7. The van der Waals surface area contributed by atoms with E-state index in [2.05, 4.69) is 26.2 Å². The number of hydrogen-bond donors (Lipinski definition) is 2. The van der Waals surface area contributed by atoms with Crippen LogP contribution in [0.1, 0.15) is 20.8 Å². The molecule has 0 saturated heterocycles. The number of carbonyl (C=O) groups excluding carboxylic acids is 2. The van der Waals surface area contributed by atoms with Crippen LogP contribution >= 0.6 is 15.9 Å². The fourth-order valence-electron chi connectivity index (χ4n) is 1.33. The number of nitrogens with one attached hydrogen (secondary N) is 2. The molecule has 9 nitrogen and oxygen atoms in total. The van der Waals surface area contributed by atoms with Crippen LogP contribution in [0.2, 0.25) is 0 Å². The molecule has 0 fully saturated rings. The van der Waals surface area contributed by atoms with Gasteiger partial charge in [0.1, 0.15) is 5.60 Å². The highest BCUT2D eigenvalue weighted by Gasteiger charge is 2.20. The molecule has 120 valence electrons. The smallest absolute Gasteiger partial charge is 0.414 e. The molecule has 0 aliphatic carbocycles. The van der Waals surface area contributed by atoms with Crippen molar-refractivity contribution < 1.29 is 19.2 Å². The first-order chi connectivity index (χ1) is 10.1. The fraction of sp³-hybridized carbons (Fsp3) is 0.417. The number of pyridine rings is 1. The summed E-state index contributed by atoms with van der Waals surface area (Å²) in [6.45, 7) is 4.61. The fourth-order valence-corrected chi connectivity index (χ4v) is 1.65. The SMILES string of the molecule is CC(C)(C)OC(=O)NC(=O)CNc1ncc(Br)cc1[N+](=O)[O-]. The summed E-state index contributed by atoms with van der Waals surface area (Å²) in [5.74, 6) is -0.777. The van der Waals surface area contributed by atoms with Crippen LogP contribution in [-0.2, 0) is 9.53 Å². The van der Waals surface area contributed by atoms with E-state index in [-0.39, 0.29) is 18.1 Å². The van der Waals surface area contributed by atoms with Crippen LogP contribution in [0.25, 0.3) is 0 Å². The summed E-state index contributed by atoms with van der Waals surface area (Å²) in [5.41, 5.74) is -1.02. The minimum absolute atomic E-state index is 0.0764. The molecule has 0 spiro atoms. The third-order valence-electron chi connectivity index (χ3n) is 2.09. The minimum Gasteiger partial charge on any atom is -0.444 e. The van der Waals surface area contributed by atoms with Gasteiger partial charge in [0.05, 0.1) is 11.5 Å². The van der Waals surface area contributed by atoms with Gasteiger partial charge in [0.2, 0.25) is 11.7 Å². The standard InChI is InChI=1S/C12H15BrN4O5/c1-12(2,3)22-11(19)16-9(18)6-15-10-8(17(20)21)4-7(13)5-14-10/h4-5H,6H2,1-3H3,(H,14,15)(H,16,18,19). The van der Waals surface area contributed by atoms with Gasteiger partial charge in [0, 0.05) is 16.7 Å². The third-order valence-corrected chi connectivity index (χ3v) is 2.52. The second-order valence-electron chi connectivity index (χ2n) is 5.18. The Morgan fingerprint density at radius 3 is 2.64 bits per heavy atom. The summed E-state index contributed by atoms with van der Waals surface area (Å²) in [6, 6.07) is 1.25. The number of carbonyl (C=O) groups is 2. The predicted molar refractivity (Wildman–Crippen MR) is 81.5 cm³/mol. The Kier molecular flexibility index (Phi) is 5.80. The largest absolute Gasteiger partial charge is 0.444 e. The molecule has 0 aromatic carbocycles. The van der Waals surface area contributed by atoms with E-state index < -0.39 is 22.5 Å². The topological polar surface area (TPSA) is 123 Å². The molecule has 0 aliphatic heterocycles. The van der Waals surface area contributed by atoms with Crippen LogP contribution in [0.15, 0.2) is 16.7 Å². The molecule has 2 amide bonds. The van der Waals surface area contributed by atoms with E-state index in [9.17, 15) is 19.7 Å². The Labute approximate surface area is 134 Å². The molecule has 0 bridgehead atoms. The first-order valence-corrected chi connectivity index (χ1v) is 6.94. The number of alkyl carbamates (subject to hydrolysis) is 1. The lowest BCUT2D eigenvalue weighted by Gasteiger charge is -2.19. The van der Waals surface area contributed by atoms with E-state index in [4.69, 9.17) is 4.74 Å². The van der Waals surface area contributed by atoms with Gasteiger partial charge in [-0.3, -0.25) is 20.2 Å². The second kappa shape index (κ2) is 7.16. The van der Waals surface area contributed by atoms with Crippen LogP contribution in [0.5, 0.6) is 0 Å². The number of halogens is 1. The maximum atomic E-state index is 11.6. The number of ether oxygens (including phenoxy) is 1. The molecule has 1 heterocycles. The van der Waals surface area contributed by atoms with Gasteiger partial charge in [-0.1, -0.05) is 0 Å². The normalized spacial score (nSPS) is 10.7. The van der Waals surface area contributed by atoms with Crippen molar-refractivity contribution in [1.29, 1.82) is 0 Å². The monoisotopic (exact) mass is 374 g/mol. The Hall–Kier alpha value is -2.23. The molecule has 1 aromatic heterocycles. The highest BCUT2D eigenvalue weighted by molar-refractivity contribution is 9.10. The number of amides is 2. The Bertz CT molecular complexity index is 600. The zero-order valence-electron chi connectivity index (χ0n) is 12.2. The number of nitro groups is 1. The summed E-state index contributed by atoms with van der Waals surface area (Å²) >= 11 is 3.07. The average molecular weight is 375 g/mol. The molecule has 0 saturated carbocycles. The number of rotatable bonds is 4. The summed E-state index contributed by atoms with van der Waals surface area (Å²) in [7, 11) is 0. The molecular weight excluding hydrogens is 360 g/mol. The Balaban J connectivity index is 2.62. The molecule has 22 heavy (non-hydrogen) atoms. The lowest BCUT2D eigenvalue weighted by Crippen LogP contribution is -2.39. The zero-order valence-corrected chi connectivity index (χ0v) is 13.8. The third kappa shape index (κ3) is 6.04. The van der Waals surface area contributed by atoms with Crippen LogP contribution in [-0.4, -0.2) is 34.1 Å². The average Bonchev–Trinajstić information content (AvgIpc) is 2.34. The van der Waals surface area contributed by atoms with Gasteiger partial charge >= 0.3 is 11.8 Å². The predicted octanol–water partition coefficient (Wildman–Crippen LogP) is 2.22. The molecule has 0 radical (unpaired) electrons. The van der Waals surface area contributed by atoms with E-state index in [1.807, 2.05) is 5.32 Å². The first-order valence-electron chi connectivity index (χ1n) is 6.15. The second-order valence-corrected chi connectivity index (χ2v) is 6.10. The van der Waals surface area contributed by atoms with Crippen molar-refractivity contribution in [1.82, 2.24) is 10.3 Å². The van der Waals surface area contributed by atoms with Gasteiger partial charge in [-0.15, -0.1) is 0 Å². The maximum absolute atomic E-state index is 11.6. The lowest BCUT2D eigenvalue weighted by atomic mass is 10.2. The molecule has 1 aromatic rings. The van der Waals surface area contributed by atoms with Gasteiger partial charge in [0.15, 0.2) is 0 Å². The minimum atomic E-state index is -0.891. The van der Waals surface area contributed by atoms with Gasteiger partial charge in [-0.25, -0.2) is 9.78 Å². The van der Waals surface area contributed by atoms with E-state index in [0.717, 1.165) is 0 Å². The van der Waals surface area contributed by atoms with Crippen molar-refractivity contribution in [3.05, 3.63) is 26.9 Å². The highest BCUT2D eigenvalue weighted by atomic mass is 79.9. The first kappa shape index (κ1) is 17.8. The van der Waals surface area contributed by atoms with Gasteiger partial charge in [-0.2, -0.15) is 0 Å². The molecule has 1 rings (SSSR count). The van der Waals surface area contributed by atoms with Crippen molar-refractivity contribution >= 4 is 39.4 Å². The summed E-state index contributed by atoms with van der Waals surface area (Å²) in [5, 5.41) is 15.4. The van der Waals surface area contributed by atoms with E-state index in [1.165, 1.54) is 12.3 Å². The molecule has 0 atom stereocenters. The Morgan fingerprint density at radius 2 is 2.09 bits per heavy atom. The van der Waals surface area contributed by atoms with E-state index in [0.29, 0.717) is 4.47 Å². The van der Waals surface area contributed by atoms with Crippen LogP contribution in [0.4, 0.5) is 16.3 Å². The van der Waals surface area contributed by atoms with Gasteiger partial charge in [0.25, 0.3) is 0 Å². The van der Waals surface area contributed by atoms with E-state index in [1.54, 1.807) is 20.8 Å². The zero-order chi connectivity index (χ0) is 16.9. The van der Waals surface area contributed by atoms with Crippen molar-refractivity contribution in [3.8, 4) is 0 Å². The maximum Gasteiger partial charge on any atom is 0.414 e. The highest BCUT2D eigenvalue weighted by Crippen LogP contribution is 2.24. The number of aromatic nitrogens is 1. The molecule has 10 heteroatoms.